The van der Waals surface area contributed by atoms with Crippen molar-refractivity contribution in [1.29, 1.82) is 0 Å². The van der Waals surface area contributed by atoms with E-state index in [1.165, 1.54) is 28.6 Å². The minimum Gasteiger partial charge on any atom is -0.304 e. The molecule has 0 fully saturated rings. The Bertz CT molecular complexity index is 1430. The number of fused-ring (bicyclic) bond motifs is 2. The van der Waals surface area contributed by atoms with E-state index in [9.17, 15) is 8.42 Å². The molecule has 156 valence electrons. The Balaban J connectivity index is 1.70. The molecule has 0 radical (unpaired) electrons. The monoisotopic (exact) mass is 490 g/mol. The van der Waals surface area contributed by atoms with E-state index >= 15 is 0 Å². The summed E-state index contributed by atoms with van der Waals surface area (Å²) in [5, 5.41) is 1.21. The Labute approximate surface area is 193 Å². The van der Waals surface area contributed by atoms with Gasteiger partial charge in [0.15, 0.2) is 11.6 Å². The molecule has 2 heterocycles. The third-order valence-electron chi connectivity index (χ3n) is 4.91. The molecule has 0 saturated carbocycles. The highest BCUT2D eigenvalue weighted by Gasteiger charge is 2.38. The molecule has 3 aromatic carbocycles. The van der Waals surface area contributed by atoms with E-state index in [0.29, 0.717) is 37.6 Å². The van der Waals surface area contributed by atoms with Gasteiger partial charge in [-0.05, 0) is 54.6 Å². The van der Waals surface area contributed by atoms with Crippen molar-refractivity contribution in [2.24, 2.45) is 0 Å². The average Bonchev–Trinajstić information content (AvgIpc) is 3.13. The topological polar surface area (TPSA) is 66.4 Å². The predicted octanol–water partition coefficient (Wildman–Crippen LogP) is 5.89. The van der Waals surface area contributed by atoms with Crippen LogP contribution in [0.3, 0.4) is 0 Å². The van der Waals surface area contributed by atoms with Gasteiger partial charge in [-0.2, -0.15) is 0 Å². The van der Waals surface area contributed by atoms with Crippen LogP contribution in [0.15, 0.2) is 71.6 Å². The molecular weight excluding hydrogens is 479 g/mol. The summed E-state index contributed by atoms with van der Waals surface area (Å²) in [5.74, 6) is 0.648. The van der Waals surface area contributed by atoms with Gasteiger partial charge in [0.2, 0.25) is 0 Å². The Morgan fingerprint density at radius 2 is 1.42 bits per heavy atom. The summed E-state index contributed by atoms with van der Waals surface area (Å²) in [7, 11) is -3.93. The molecule has 0 bridgehead atoms. The number of para-hydroxylation sites is 2. The van der Waals surface area contributed by atoms with E-state index in [1.54, 1.807) is 29.2 Å². The Morgan fingerprint density at radius 3 is 2.06 bits per heavy atom. The largest absolute Gasteiger partial charge is 0.304 e. The number of hydrogen-bond donors (Lipinski definition) is 0. The van der Waals surface area contributed by atoms with Crippen LogP contribution in [0.2, 0.25) is 15.1 Å². The first kappa shape index (κ1) is 20.3. The lowest BCUT2D eigenvalue weighted by Gasteiger charge is -2.21. The number of hydrogen-bond acceptors (Lipinski definition) is 5. The van der Waals surface area contributed by atoms with Crippen molar-refractivity contribution in [3.05, 3.63) is 81.8 Å². The summed E-state index contributed by atoms with van der Waals surface area (Å²) < 4.78 is 28.2. The Morgan fingerprint density at radius 1 is 0.774 bits per heavy atom. The maximum atomic E-state index is 13.5. The first-order chi connectivity index (χ1) is 14.8. The Kier molecular flexibility index (Phi) is 4.94. The molecule has 0 aliphatic carbocycles. The number of rotatable bonds is 3. The van der Waals surface area contributed by atoms with Gasteiger partial charge in [-0.1, -0.05) is 46.9 Å². The van der Waals surface area contributed by atoms with E-state index in [0.717, 1.165) is 0 Å². The molecule has 0 spiro atoms. The SMILES string of the molecule is O=S(=O)(c1ccc(Cl)cc1)N1CN(c2ccc(Cl)c(Cl)c2)c2nc3ccccc3nc21. The quantitative estimate of drug-likeness (QED) is 0.357. The molecule has 1 aliphatic rings. The van der Waals surface area contributed by atoms with Crippen LogP contribution in [0.4, 0.5) is 17.3 Å². The molecule has 0 unspecified atom stereocenters. The zero-order chi connectivity index (χ0) is 21.8. The molecule has 31 heavy (non-hydrogen) atoms. The summed E-state index contributed by atoms with van der Waals surface area (Å²) >= 11 is 18.2. The van der Waals surface area contributed by atoms with Gasteiger partial charge >= 0.3 is 0 Å². The number of nitrogens with zero attached hydrogens (tertiary/aromatic N) is 4. The van der Waals surface area contributed by atoms with Crippen molar-refractivity contribution in [3.63, 3.8) is 0 Å². The second kappa shape index (κ2) is 7.53. The molecule has 0 amide bonds. The van der Waals surface area contributed by atoms with E-state index in [-0.39, 0.29) is 17.4 Å². The predicted molar refractivity (Wildman–Crippen MR) is 124 cm³/mol. The lowest BCUT2D eigenvalue weighted by Crippen LogP contribution is -2.34. The summed E-state index contributed by atoms with van der Waals surface area (Å²) in [6.07, 6.45) is 0. The van der Waals surface area contributed by atoms with Crippen LogP contribution in [0, 0.1) is 0 Å². The van der Waals surface area contributed by atoms with E-state index in [1.807, 2.05) is 18.2 Å². The number of sulfonamides is 1. The summed E-state index contributed by atoms with van der Waals surface area (Å²) in [6, 6.07) is 18.4. The lowest BCUT2D eigenvalue weighted by molar-refractivity contribution is 0.592. The van der Waals surface area contributed by atoms with E-state index < -0.39 is 10.0 Å². The minimum absolute atomic E-state index is 0.0193. The van der Waals surface area contributed by atoms with Crippen LogP contribution in [0.1, 0.15) is 0 Å². The van der Waals surface area contributed by atoms with Crippen molar-refractivity contribution in [3.8, 4) is 0 Å². The molecule has 0 atom stereocenters. The zero-order valence-corrected chi connectivity index (χ0v) is 18.8. The summed E-state index contributed by atoms with van der Waals surface area (Å²) in [4.78, 5) is 11.2. The van der Waals surface area contributed by atoms with E-state index in [4.69, 9.17) is 39.8 Å². The maximum Gasteiger partial charge on any atom is 0.267 e. The van der Waals surface area contributed by atoms with Crippen molar-refractivity contribution in [2.45, 2.75) is 4.90 Å². The maximum absolute atomic E-state index is 13.5. The zero-order valence-electron chi connectivity index (χ0n) is 15.7. The standard InChI is InChI=1S/C21H13Cl3N4O2S/c22-13-5-8-15(9-6-13)31(29,30)28-12-27(14-7-10-16(23)17(24)11-14)20-21(28)26-19-4-2-1-3-18(19)25-20/h1-11H,12H2. The van der Waals surface area contributed by atoms with Crippen LogP contribution >= 0.6 is 34.8 Å². The van der Waals surface area contributed by atoms with Crippen LogP contribution < -0.4 is 9.21 Å². The molecule has 1 aliphatic heterocycles. The van der Waals surface area contributed by atoms with Crippen molar-refractivity contribution < 1.29 is 8.42 Å². The molecular formula is C21H13Cl3N4O2S. The minimum atomic E-state index is -3.93. The number of aromatic nitrogens is 2. The van der Waals surface area contributed by atoms with Gasteiger partial charge < -0.3 is 4.90 Å². The van der Waals surface area contributed by atoms with Gasteiger partial charge in [0.1, 0.15) is 6.67 Å². The lowest BCUT2D eigenvalue weighted by atomic mass is 10.3. The highest BCUT2D eigenvalue weighted by atomic mass is 35.5. The molecule has 10 heteroatoms. The molecule has 5 rings (SSSR count). The van der Waals surface area contributed by atoms with Gasteiger partial charge in [0.05, 0.1) is 26.0 Å². The van der Waals surface area contributed by atoms with Crippen LogP contribution in [0.5, 0.6) is 0 Å². The second-order valence-electron chi connectivity index (χ2n) is 6.83. The second-order valence-corrected chi connectivity index (χ2v) is 9.95. The molecule has 6 nitrogen and oxygen atoms in total. The van der Waals surface area contributed by atoms with E-state index in [2.05, 4.69) is 4.98 Å². The molecule has 4 aromatic rings. The van der Waals surface area contributed by atoms with Crippen LogP contribution in [0.25, 0.3) is 11.0 Å². The van der Waals surface area contributed by atoms with Crippen molar-refractivity contribution in [2.75, 3.05) is 15.9 Å². The fourth-order valence-corrected chi connectivity index (χ4v) is 5.14. The molecule has 0 saturated heterocycles. The van der Waals surface area contributed by atoms with Gasteiger partial charge in [-0.25, -0.2) is 22.7 Å². The number of anilines is 3. The number of benzene rings is 3. The van der Waals surface area contributed by atoms with Gasteiger partial charge in [-0.3, -0.25) is 0 Å². The van der Waals surface area contributed by atoms with Gasteiger partial charge in [0, 0.05) is 10.7 Å². The fourth-order valence-electron chi connectivity index (χ4n) is 3.37. The smallest absolute Gasteiger partial charge is 0.267 e. The van der Waals surface area contributed by atoms with Crippen LogP contribution in [-0.2, 0) is 10.0 Å². The van der Waals surface area contributed by atoms with Crippen molar-refractivity contribution >= 4 is 73.2 Å². The average molecular weight is 492 g/mol. The van der Waals surface area contributed by atoms with Crippen molar-refractivity contribution in [1.82, 2.24) is 9.97 Å². The third-order valence-corrected chi connectivity index (χ3v) is 7.64. The summed E-state index contributed by atoms with van der Waals surface area (Å²) in [6.45, 7) is -0.0193. The fraction of sp³-hybridized carbons (Fsp3) is 0.0476. The summed E-state index contributed by atoms with van der Waals surface area (Å²) in [5.41, 5.74) is 1.89. The highest BCUT2D eigenvalue weighted by molar-refractivity contribution is 7.92. The highest BCUT2D eigenvalue weighted by Crippen LogP contribution is 2.42. The Hall–Kier alpha value is -2.58. The van der Waals surface area contributed by atoms with Gasteiger partial charge in [0.25, 0.3) is 10.0 Å². The van der Waals surface area contributed by atoms with Gasteiger partial charge in [-0.15, -0.1) is 0 Å². The first-order valence-electron chi connectivity index (χ1n) is 9.12. The molecule has 1 aromatic heterocycles. The molecule has 0 N–H and O–H groups in total. The normalized spacial score (nSPS) is 13.6. The van der Waals surface area contributed by atoms with Crippen LogP contribution in [-0.4, -0.2) is 25.1 Å². The number of halogens is 3. The third kappa shape index (κ3) is 3.47. The first-order valence-corrected chi connectivity index (χ1v) is 11.7.